The molecule has 0 spiro atoms. The van der Waals surface area contributed by atoms with Gasteiger partial charge in [0, 0.05) is 13.0 Å². The molecule has 1 aromatic rings. The highest BCUT2D eigenvalue weighted by Crippen LogP contribution is 2.12. The van der Waals surface area contributed by atoms with Gasteiger partial charge in [0.05, 0.1) is 4.88 Å². The van der Waals surface area contributed by atoms with Crippen molar-refractivity contribution < 1.29 is 9.90 Å². The van der Waals surface area contributed by atoms with Gasteiger partial charge in [-0.05, 0) is 24.3 Å². The molecule has 1 N–H and O–H groups in total. The zero-order valence-electron chi connectivity index (χ0n) is 6.82. The lowest BCUT2D eigenvalue weighted by atomic mass is 10.1. The fourth-order valence-corrected chi connectivity index (χ4v) is 1.65. The number of aliphatic hydroxyl groups excluding tert-OH is 1. The van der Waals surface area contributed by atoms with E-state index in [9.17, 15) is 4.79 Å². The van der Waals surface area contributed by atoms with E-state index in [0.717, 1.165) is 17.7 Å². The largest absolute Gasteiger partial charge is 0.396 e. The second kappa shape index (κ2) is 5.06. The minimum atomic E-state index is 0.178. The summed E-state index contributed by atoms with van der Waals surface area (Å²) < 4.78 is 0. The number of hydrogen-bond donors (Lipinski definition) is 1. The first kappa shape index (κ1) is 9.42. The molecule has 0 aromatic carbocycles. The van der Waals surface area contributed by atoms with E-state index in [2.05, 4.69) is 0 Å². The second-order valence-electron chi connectivity index (χ2n) is 2.58. The summed E-state index contributed by atoms with van der Waals surface area (Å²) in [5.41, 5.74) is 0. The van der Waals surface area contributed by atoms with E-state index in [4.69, 9.17) is 5.11 Å². The van der Waals surface area contributed by atoms with Gasteiger partial charge >= 0.3 is 0 Å². The average Bonchev–Trinajstić information content (AvgIpc) is 2.56. The monoisotopic (exact) mass is 184 g/mol. The first-order valence-corrected chi connectivity index (χ1v) is 4.90. The maximum atomic E-state index is 11.3. The van der Waals surface area contributed by atoms with Crippen LogP contribution in [-0.2, 0) is 0 Å². The molecule has 0 bridgehead atoms. The molecule has 0 amide bonds. The summed E-state index contributed by atoms with van der Waals surface area (Å²) >= 11 is 1.48. The molecule has 0 saturated carbocycles. The molecule has 0 aliphatic heterocycles. The van der Waals surface area contributed by atoms with Crippen LogP contribution in [0.4, 0.5) is 0 Å². The molecule has 0 fully saturated rings. The van der Waals surface area contributed by atoms with Crippen molar-refractivity contribution in [3.8, 4) is 0 Å². The van der Waals surface area contributed by atoms with Crippen LogP contribution in [-0.4, -0.2) is 17.5 Å². The third-order valence-electron chi connectivity index (χ3n) is 1.61. The van der Waals surface area contributed by atoms with Crippen LogP contribution in [0.2, 0.25) is 0 Å². The van der Waals surface area contributed by atoms with E-state index < -0.39 is 0 Å². The molecule has 12 heavy (non-hydrogen) atoms. The van der Waals surface area contributed by atoms with Gasteiger partial charge in [-0.15, -0.1) is 11.3 Å². The SMILES string of the molecule is O=C(CCCCO)c1cccs1. The number of hydrogen-bond acceptors (Lipinski definition) is 3. The Hall–Kier alpha value is -0.670. The molecule has 2 nitrogen and oxygen atoms in total. The second-order valence-corrected chi connectivity index (χ2v) is 3.53. The molecule has 66 valence electrons. The predicted molar refractivity (Wildman–Crippen MR) is 49.6 cm³/mol. The number of rotatable bonds is 5. The topological polar surface area (TPSA) is 37.3 Å². The van der Waals surface area contributed by atoms with Crippen molar-refractivity contribution >= 4 is 17.1 Å². The van der Waals surface area contributed by atoms with Gasteiger partial charge in [-0.3, -0.25) is 4.79 Å². The number of unbranched alkanes of at least 4 members (excludes halogenated alkanes) is 1. The number of Topliss-reactive ketones (excluding diaryl/α,β-unsaturated/α-hetero) is 1. The lowest BCUT2D eigenvalue weighted by Gasteiger charge is -1.95. The van der Waals surface area contributed by atoms with Gasteiger partial charge in [0.2, 0.25) is 0 Å². The first-order chi connectivity index (χ1) is 5.84. The third kappa shape index (κ3) is 2.75. The molecule has 3 heteroatoms. The normalized spacial score (nSPS) is 10.1. The third-order valence-corrected chi connectivity index (χ3v) is 2.52. The number of aliphatic hydroxyl groups is 1. The summed E-state index contributed by atoms with van der Waals surface area (Å²) in [5.74, 6) is 0.193. The van der Waals surface area contributed by atoms with Crippen LogP contribution >= 0.6 is 11.3 Å². The smallest absolute Gasteiger partial charge is 0.172 e. The Kier molecular flexibility index (Phi) is 3.97. The van der Waals surface area contributed by atoms with Crippen molar-refractivity contribution in [2.45, 2.75) is 19.3 Å². The summed E-state index contributed by atoms with van der Waals surface area (Å²) in [4.78, 5) is 12.1. The van der Waals surface area contributed by atoms with Crippen LogP contribution < -0.4 is 0 Å². The Morgan fingerprint density at radius 3 is 2.92 bits per heavy atom. The minimum Gasteiger partial charge on any atom is -0.396 e. The van der Waals surface area contributed by atoms with E-state index >= 15 is 0 Å². The Labute approximate surface area is 75.9 Å². The molecule has 0 aliphatic carbocycles. The fourth-order valence-electron chi connectivity index (χ4n) is 0.958. The molecule has 1 aromatic heterocycles. The standard InChI is InChI=1S/C9H12O2S/c10-6-2-1-4-8(11)9-5-3-7-12-9/h3,5,7,10H,1-2,4,6H2. The molecule has 1 rings (SSSR count). The molecule has 0 aliphatic rings. The highest BCUT2D eigenvalue weighted by atomic mass is 32.1. The van der Waals surface area contributed by atoms with E-state index in [1.807, 2.05) is 17.5 Å². The van der Waals surface area contributed by atoms with Gasteiger partial charge in [-0.25, -0.2) is 0 Å². The number of carbonyl (C=O) groups is 1. The zero-order valence-corrected chi connectivity index (χ0v) is 7.64. The molecular weight excluding hydrogens is 172 g/mol. The van der Waals surface area contributed by atoms with Crippen LogP contribution in [0.5, 0.6) is 0 Å². The van der Waals surface area contributed by atoms with Crippen molar-refractivity contribution in [1.29, 1.82) is 0 Å². The van der Waals surface area contributed by atoms with Gasteiger partial charge in [-0.2, -0.15) is 0 Å². The van der Waals surface area contributed by atoms with Crippen molar-refractivity contribution in [2.24, 2.45) is 0 Å². The average molecular weight is 184 g/mol. The zero-order chi connectivity index (χ0) is 8.81. The summed E-state index contributed by atoms with van der Waals surface area (Å²) in [6.07, 6.45) is 2.06. The van der Waals surface area contributed by atoms with E-state index in [-0.39, 0.29) is 12.4 Å². The van der Waals surface area contributed by atoms with Crippen LogP contribution in [0.1, 0.15) is 28.9 Å². The van der Waals surface area contributed by atoms with Crippen LogP contribution in [0.3, 0.4) is 0 Å². The Bertz CT molecular complexity index is 229. The van der Waals surface area contributed by atoms with Crippen molar-refractivity contribution in [1.82, 2.24) is 0 Å². The fraction of sp³-hybridized carbons (Fsp3) is 0.444. The van der Waals surface area contributed by atoms with E-state index in [1.165, 1.54) is 11.3 Å². The van der Waals surface area contributed by atoms with Crippen molar-refractivity contribution in [3.05, 3.63) is 22.4 Å². The number of thiophene rings is 1. The van der Waals surface area contributed by atoms with E-state index in [1.54, 1.807) is 0 Å². The summed E-state index contributed by atoms with van der Waals surface area (Å²) in [6, 6.07) is 3.72. The first-order valence-electron chi connectivity index (χ1n) is 4.02. The molecular formula is C9H12O2S. The van der Waals surface area contributed by atoms with Crippen LogP contribution in [0.15, 0.2) is 17.5 Å². The summed E-state index contributed by atoms with van der Waals surface area (Å²) in [6.45, 7) is 0.178. The highest BCUT2D eigenvalue weighted by Gasteiger charge is 2.04. The maximum absolute atomic E-state index is 11.3. The lowest BCUT2D eigenvalue weighted by molar-refractivity contribution is 0.0981. The Morgan fingerprint density at radius 1 is 1.50 bits per heavy atom. The minimum absolute atomic E-state index is 0.178. The molecule has 0 saturated heterocycles. The van der Waals surface area contributed by atoms with E-state index in [0.29, 0.717) is 6.42 Å². The van der Waals surface area contributed by atoms with Gasteiger partial charge in [0.15, 0.2) is 5.78 Å². The number of carbonyl (C=O) groups excluding carboxylic acids is 1. The van der Waals surface area contributed by atoms with Crippen LogP contribution in [0.25, 0.3) is 0 Å². The molecule has 1 heterocycles. The Morgan fingerprint density at radius 2 is 2.33 bits per heavy atom. The van der Waals surface area contributed by atoms with Crippen molar-refractivity contribution in [2.75, 3.05) is 6.61 Å². The van der Waals surface area contributed by atoms with Gasteiger partial charge in [-0.1, -0.05) is 6.07 Å². The Balaban J connectivity index is 2.30. The predicted octanol–water partition coefficient (Wildman–Crippen LogP) is 2.09. The lowest BCUT2D eigenvalue weighted by Crippen LogP contribution is -1.96. The molecule has 0 radical (unpaired) electrons. The van der Waals surface area contributed by atoms with Crippen LogP contribution in [0, 0.1) is 0 Å². The molecule has 0 unspecified atom stereocenters. The van der Waals surface area contributed by atoms with Gasteiger partial charge in [0.1, 0.15) is 0 Å². The summed E-state index contributed by atoms with van der Waals surface area (Å²) in [7, 11) is 0. The van der Waals surface area contributed by atoms with Gasteiger partial charge < -0.3 is 5.11 Å². The van der Waals surface area contributed by atoms with Crippen molar-refractivity contribution in [3.63, 3.8) is 0 Å². The highest BCUT2D eigenvalue weighted by molar-refractivity contribution is 7.12. The molecule has 0 atom stereocenters. The quantitative estimate of drug-likeness (QED) is 0.562. The van der Waals surface area contributed by atoms with Gasteiger partial charge in [0.25, 0.3) is 0 Å². The maximum Gasteiger partial charge on any atom is 0.172 e. The summed E-state index contributed by atoms with van der Waals surface area (Å²) in [5, 5.41) is 10.4. The number of ketones is 1.